The molecule has 1 aromatic carbocycles. The van der Waals surface area contributed by atoms with E-state index in [1.165, 1.54) is 19.2 Å². The molecule has 0 aliphatic carbocycles. The van der Waals surface area contributed by atoms with Gasteiger partial charge in [-0.05, 0) is 18.2 Å². The third-order valence-electron chi connectivity index (χ3n) is 2.38. The monoisotopic (exact) mass is 256 g/mol. The van der Waals surface area contributed by atoms with Crippen LogP contribution in [0.2, 0.25) is 0 Å². The average Bonchev–Trinajstić information content (AvgIpc) is 2.28. The van der Waals surface area contributed by atoms with Crippen molar-refractivity contribution in [2.75, 3.05) is 12.9 Å². The summed E-state index contributed by atoms with van der Waals surface area (Å²) in [6.45, 7) is 3.37. The molecule has 0 amide bonds. The molecule has 94 valence electrons. The molecule has 0 fully saturated rings. The van der Waals surface area contributed by atoms with Crippen molar-refractivity contribution >= 4 is 15.6 Å². The molecule has 4 nitrogen and oxygen atoms in total. The Hall–Kier alpha value is -1.36. The van der Waals surface area contributed by atoms with Gasteiger partial charge >= 0.3 is 0 Å². The lowest BCUT2D eigenvalue weighted by atomic mass is 10.1. The first kappa shape index (κ1) is 13.7. The Morgan fingerprint density at radius 1 is 1.35 bits per heavy atom. The summed E-state index contributed by atoms with van der Waals surface area (Å²) in [5.41, 5.74) is 0. The highest BCUT2D eigenvalue weighted by molar-refractivity contribution is 7.92. The van der Waals surface area contributed by atoms with Crippen molar-refractivity contribution in [2.45, 2.75) is 18.7 Å². The maximum Gasteiger partial charge on any atom is 0.185 e. The van der Waals surface area contributed by atoms with E-state index in [0.29, 0.717) is 5.75 Å². The van der Waals surface area contributed by atoms with Gasteiger partial charge in [-0.3, -0.25) is 4.79 Å². The maximum atomic E-state index is 11.9. The smallest absolute Gasteiger partial charge is 0.185 e. The standard InChI is InChI=1S/C12H16O4S/c1-9(2)12(13)8-17(14,15)11-6-4-5-10(7-11)16-3/h4-7,9H,8H2,1-3H3. The Labute approximate surface area is 102 Å². The van der Waals surface area contributed by atoms with E-state index in [1.807, 2.05) is 0 Å². The Kier molecular flexibility index (Phi) is 4.28. The van der Waals surface area contributed by atoms with Gasteiger partial charge in [0.15, 0.2) is 15.6 Å². The fraction of sp³-hybridized carbons (Fsp3) is 0.417. The van der Waals surface area contributed by atoms with Crippen LogP contribution >= 0.6 is 0 Å². The van der Waals surface area contributed by atoms with Gasteiger partial charge in [0.05, 0.1) is 12.0 Å². The lowest BCUT2D eigenvalue weighted by Crippen LogP contribution is -2.20. The number of hydrogen-bond donors (Lipinski definition) is 0. The molecular formula is C12H16O4S. The normalized spacial score (nSPS) is 11.5. The number of Topliss-reactive ketones (excluding diaryl/α,β-unsaturated/α-hetero) is 1. The van der Waals surface area contributed by atoms with E-state index in [-0.39, 0.29) is 16.6 Å². The Morgan fingerprint density at radius 2 is 2.00 bits per heavy atom. The van der Waals surface area contributed by atoms with E-state index in [0.717, 1.165) is 0 Å². The Morgan fingerprint density at radius 3 is 2.53 bits per heavy atom. The van der Waals surface area contributed by atoms with Gasteiger partial charge in [-0.15, -0.1) is 0 Å². The number of benzene rings is 1. The van der Waals surface area contributed by atoms with Gasteiger partial charge in [0.2, 0.25) is 0 Å². The summed E-state index contributed by atoms with van der Waals surface area (Å²) in [7, 11) is -2.10. The third-order valence-corrected chi connectivity index (χ3v) is 4.01. The number of hydrogen-bond acceptors (Lipinski definition) is 4. The number of carbonyl (C=O) groups excluding carboxylic acids is 1. The molecule has 1 aromatic rings. The molecule has 0 atom stereocenters. The largest absolute Gasteiger partial charge is 0.497 e. The number of sulfone groups is 1. The molecule has 0 aromatic heterocycles. The Bertz CT molecular complexity index is 503. The number of rotatable bonds is 5. The van der Waals surface area contributed by atoms with Crippen LogP contribution in [0.4, 0.5) is 0 Å². The number of ketones is 1. The van der Waals surface area contributed by atoms with Crippen molar-refractivity contribution in [2.24, 2.45) is 5.92 Å². The molecule has 0 heterocycles. The van der Waals surface area contributed by atoms with Crippen molar-refractivity contribution < 1.29 is 17.9 Å². The van der Waals surface area contributed by atoms with Crippen LogP contribution in [0.25, 0.3) is 0 Å². The molecule has 0 bridgehead atoms. The van der Waals surface area contributed by atoms with E-state index in [9.17, 15) is 13.2 Å². The van der Waals surface area contributed by atoms with Crippen LogP contribution in [0.5, 0.6) is 5.75 Å². The second kappa shape index (κ2) is 5.31. The fourth-order valence-corrected chi connectivity index (χ4v) is 2.69. The third kappa shape index (κ3) is 3.56. The molecule has 0 radical (unpaired) electrons. The zero-order chi connectivity index (χ0) is 13.1. The first-order chi connectivity index (χ1) is 7.86. The predicted octanol–water partition coefficient (Wildman–Crippen LogP) is 1.69. The van der Waals surface area contributed by atoms with Crippen LogP contribution in [0.1, 0.15) is 13.8 Å². The van der Waals surface area contributed by atoms with Gasteiger partial charge in [-0.1, -0.05) is 19.9 Å². The second-order valence-corrected chi connectivity index (χ2v) is 6.05. The molecule has 0 unspecified atom stereocenters. The van der Waals surface area contributed by atoms with Crippen molar-refractivity contribution in [3.63, 3.8) is 0 Å². The van der Waals surface area contributed by atoms with Crippen LogP contribution in [0.3, 0.4) is 0 Å². The first-order valence-corrected chi connectivity index (χ1v) is 6.91. The van der Waals surface area contributed by atoms with Crippen LogP contribution in [-0.2, 0) is 14.6 Å². The summed E-state index contributed by atoms with van der Waals surface area (Å²) < 4.78 is 28.8. The van der Waals surface area contributed by atoms with Crippen molar-refractivity contribution in [3.05, 3.63) is 24.3 Å². The zero-order valence-corrected chi connectivity index (χ0v) is 11.0. The maximum absolute atomic E-state index is 11.9. The highest BCUT2D eigenvalue weighted by Gasteiger charge is 2.21. The van der Waals surface area contributed by atoms with Crippen molar-refractivity contribution in [1.29, 1.82) is 0 Å². The lowest BCUT2D eigenvalue weighted by molar-refractivity contribution is -0.119. The molecule has 0 N–H and O–H groups in total. The average molecular weight is 256 g/mol. The summed E-state index contributed by atoms with van der Waals surface area (Å²) >= 11 is 0. The van der Waals surface area contributed by atoms with E-state index in [2.05, 4.69) is 0 Å². The van der Waals surface area contributed by atoms with E-state index >= 15 is 0 Å². The summed E-state index contributed by atoms with van der Waals surface area (Å²) in [5.74, 6) is -0.566. The number of methoxy groups -OCH3 is 1. The number of ether oxygens (including phenoxy) is 1. The second-order valence-electron chi connectivity index (χ2n) is 4.06. The van der Waals surface area contributed by atoms with Gasteiger partial charge in [0.25, 0.3) is 0 Å². The molecule has 5 heteroatoms. The van der Waals surface area contributed by atoms with Gasteiger partial charge < -0.3 is 4.74 Å². The summed E-state index contributed by atoms with van der Waals surface area (Å²) in [6.07, 6.45) is 0. The van der Waals surface area contributed by atoms with Crippen LogP contribution in [-0.4, -0.2) is 27.1 Å². The first-order valence-electron chi connectivity index (χ1n) is 5.26. The van der Waals surface area contributed by atoms with E-state index in [1.54, 1.807) is 26.0 Å². The summed E-state index contributed by atoms with van der Waals surface area (Å²) in [5, 5.41) is 0. The highest BCUT2D eigenvalue weighted by Crippen LogP contribution is 2.18. The van der Waals surface area contributed by atoms with Crippen molar-refractivity contribution in [1.82, 2.24) is 0 Å². The van der Waals surface area contributed by atoms with Crippen LogP contribution < -0.4 is 4.74 Å². The molecular weight excluding hydrogens is 240 g/mol. The van der Waals surface area contributed by atoms with Gasteiger partial charge in [0, 0.05) is 5.92 Å². The predicted molar refractivity (Wildman–Crippen MR) is 64.9 cm³/mol. The van der Waals surface area contributed by atoms with Crippen LogP contribution in [0, 0.1) is 5.92 Å². The molecule has 0 saturated carbocycles. The lowest BCUT2D eigenvalue weighted by Gasteiger charge is -2.07. The fourth-order valence-electron chi connectivity index (χ4n) is 1.23. The van der Waals surface area contributed by atoms with E-state index in [4.69, 9.17) is 4.74 Å². The summed E-state index contributed by atoms with van der Waals surface area (Å²) in [6, 6.07) is 6.13. The molecule has 0 aliphatic heterocycles. The molecule has 1 rings (SSSR count). The van der Waals surface area contributed by atoms with Gasteiger partial charge in [0.1, 0.15) is 11.5 Å². The summed E-state index contributed by atoms with van der Waals surface area (Å²) in [4.78, 5) is 11.6. The minimum Gasteiger partial charge on any atom is -0.497 e. The molecule has 17 heavy (non-hydrogen) atoms. The Balaban J connectivity index is 3.01. The minimum absolute atomic E-state index is 0.117. The minimum atomic E-state index is -3.57. The molecule has 0 saturated heterocycles. The molecule has 0 aliphatic rings. The molecule has 0 spiro atoms. The van der Waals surface area contributed by atoms with E-state index < -0.39 is 15.6 Å². The highest BCUT2D eigenvalue weighted by atomic mass is 32.2. The topological polar surface area (TPSA) is 60.4 Å². The van der Waals surface area contributed by atoms with Gasteiger partial charge in [-0.25, -0.2) is 8.42 Å². The van der Waals surface area contributed by atoms with Crippen molar-refractivity contribution in [3.8, 4) is 5.75 Å². The zero-order valence-electron chi connectivity index (χ0n) is 10.1. The number of carbonyl (C=O) groups is 1. The van der Waals surface area contributed by atoms with Gasteiger partial charge in [-0.2, -0.15) is 0 Å². The van der Waals surface area contributed by atoms with Crippen LogP contribution in [0.15, 0.2) is 29.2 Å². The quantitative estimate of drug-likeness (QED) is 0.804. The SMILES string of the molecule is COc1cccc(S(=O)(=O)CC(=O)C(C)C)c1.